The molecule has 0 aliphatic carbocycles. The van der Waals surface area contributed by atoms with Crippen molar-refractivity contribution >= 4 is 40.7 Å². The second-order valence-corrected chi connectivity index (χ2v) is 5.88. The van der Waals surface area contributed by atoms with E-state index in [0.29, 0.717) is 28.0 Å². The van der Waals surface area contributed by atoms with E-state index in [1.807, 2.05) is 0 Å². The molecule has 1 N–H and O–H groups in total. The Bertz CT molecular complexity index is 673. The number of benzene rings is 1. The second-order valence-electron chi connectivity index (χ2n) is 5.07. The van der Waals surface area contributed by atoms with Gasteiger partial charge in [-0.3, -0.25) is 4.79 Å². The van der Waals surface area contributed by atoms with Gasteiger partial charge in [-0.05, 0) is 24.6 Å². The van der Waals surface area contributed by atoms with Crippen LogP contribution in [0.3, 0.4) is 0 Å². The molecule has 0 spiro atoms. The van der Waals surface area contributed by atoms with Gasteiger partial charge in [-0.2, -0.15) is 0 Å². The van der Waals surface area contributed by atoms with E-state index in [-0.39, 0.29) is 11.9 Å². The number of unbranched alkanes of at least 4 members (excludes halogenated alkanes) is 1. The Kier molecular flexibility index (Phi) is 6.19. The Labute approximate surface area is 145 Å². The van der Waals surface area contributed by atoms with E-state index < -0.39 is 0 Å². The van der Waals surface area contributed by atoms with Crippen molar-refractivity contribution in [3.05, 3.63) is 46.2 Å². The van der Waals surface area contributed by atoms with Crippen LogP contribution in [-0.2, 0) is 0 Å². The van der Waals surface area contributed by atoms with Crippen molar-refractivity contribution in [1.29, 1.82) is 0 Å². The van der Waals surface area contributed by atoms with Crippen molar-refractivity contribution in [3.8, 4) is 0 Å². The lowest BCUT2D eigenvalue weighted by atomic mass is 10.3. The van der Waals surface area contributed by atoms with E-state index in [9.17, 15) is 4.79 Å². The predicted octanol–water partition coefficient (Wildman–Crippen LogP) is 4.40. The number of carbonyl (C=O) groups is 1. The summed E-state index contributed by atoms with van der Waals surface area (Å²) in [6.07, 6.45) is 3.51. The fourth-order valence-corrected chi connectivity index (χ4v) is 2.45. The van der Waals surface area contributed by atoms with Gasteiger partial charge in [0.2, 0.25) is 5.95 Å². The summed E-state index contributed by atoms with van der Waals surface area (Å²) in [5.74, 6) is 0.129. The van der Waals surface area contributed by atoms with E-state index in [0.717, 1.165) is 12.8 Å². The number of anilines is 2. The van der Waals surface area contributed by atoms with Crippen LogP contribution < -0.4 is 5.32 Å². The number of aromatic nitrogens is 2. The Morgan fingerprint density at radius 1 is 1.26 bits per heavy atom. The second kappa shape index (κ2) is 8.13. The highest BCUT2D eigenvalue weighted by Gasteiger charge is 2.14. The van der Waals surface area contributed by atoms with Crippen LogP contribution >= 0.6 is 23.2 Å². The molecular weight excluding hydrogens is 335 g/mol. The monoisotopic (exact) mass is 352 g/mol. The van der Waals surface area contributed by atoms with Crippen LogP contribution in [0.5, 0.6) is 0 Å². The lowest BCUT2D eigenvalue weighted by Gasteiger charge is -2.16. The van der Waals surface area contributed by atoms with Gasteiger partial charge in [0.25, 0.3) is 5.91 Å². The van der Waals surface area contributed by atoms with Crippen LogP contribution in [0.2, 0.25) is 10.0 Å². The minimum absolute atomic E-state index is 0.144. The third-order valence-electron chi connectivity index (χ3n) is 3.27. The predicted molar refractivity (Wildman–Crippen MR) is 93.6 cm³/mol. The molecule has 0 bridgehead atoms. The largest absolute Gasteiger partial charge is 0.340 e. The third kappa shape index (κ3) is 4.56. The third-order valence-corrected chi connectivity index (χ3v) is 3.90. The maximum absolute atomic E-state index is 12.3. The summed E-state index contributed by atoms with van der Waals surface area (Å²) < 4.78 is 0. The van der Waals surface area contributed by atoms with Gasteiger partial charge in [0.1, 0.15) is 5.69 Å². The summed E-state index contributed by atoms with van der Waals surface area (Å²) in [5.41, 5.74) is 0.837. The van der Waals surface area contributed by atoms with Crippen LogP contribution in [0.15, 0.2) is 30.5 Å². The number of amides is 1. The molecule has 1 aromatic carbocycles. The van der Waals surface area contributed by atoms with Gasteiger partial charge in [0.05, 0.1) is 15.7 Å². The Morgan fingerprint density at radius 2 is 1.96 bits per heavy atom. The molecule has 0 unspecified atom stereocenters. The maximum Gasteiger partial charge on any atom is 0.272 e. The van der Waals surface area contributed by atoms with Crippen LogP contribution in [0.25, 0.3) is 0 Å². The van der Waals surface area contributed by atoms with Crippen LogP contribution in [0, 0.1) is 0 Å². The Hall–Kier alpha value is -1.85. The summed E-state index contributed by atoms with van der Waals surface area (Å²) in [6.45, 7) is 2.77. The molecule has 23 heavy (non-hydrogen) atoms. The topological polar surface area (TPSA) is 58.1 Å². The molecule has 2 rings (SSSR count). The number of halogens is 2. The molecular formula is C16H18Cl2N4O. The Balaban J connectivity index is 2.18. The normalized spacial score (nSPS) is 10.4. The number of para-hydroxylation sites is 1. The number of hydrogen-bond acceptors (Lipinski definition) is 4. The molecule has 5 nitrogen and oxygen atoms in total. The fourth-order valence-electron chi connectivity index (χ4n) is 1.96. The molecule has 2 aromatic rings. The van der Waals surface area contributed by atoms with Gasteiger partial charge in [0, 0.05) is 19.8 Å². The van der Waals surface area contributed by atoms with Crippen LogP contribution in [0.4, 0.5) is 11.6 Å². The van der Waals surface area contributed by atoms with Gasteiger partial charge in [0.15, 0.2) is 0 Å². The first-order chi connectivity index (χ1) is 11.0. The van der Waals surface area contributed by atoms with E-state index in [1.165, 1.54) is 6.20 Å². The van der Waals surface area contributed by atoms with Crippen molar-refractivity contribution in [1.82, 2.24) is 14.9 Å². The van der Waals surface area contributed by atoms with E-state index >= 15 is 0 Å². The average Bonchev–Trinajstić information content (AvgIpc) is 2.55. The molecule has 0 aliphatic heterocycles. The number of rotatable bonds is 6. The first-order valence-electron chi connectivity index (χ1n) is 7.32. The molecule has 0 saturated heterocycles. The molecule has 0 atom stereocenters. The first-order valence-corrected chi connectivity index (χ1v) is 8.08. The molecule has 0 aliphatic rings. The molecule has 7 heteroatoms. The van der Waals surface area contributed by atoms with Crippen molar-refractivity contribution in [2.45, 2.75) is 19.8 Å². The molecule has 0 fully saturated rings. The van der Waals surface area contributed by atoms with Gasteiger partial charge < -0.3 is 10.2 Å². The molecule has 1 aromatic heterocycles. The quantitative estimate of drug-likeness (QED) is 0.836. The van der Waals surface area contributed by atoms with Gasteiger partial charge >= 0.3 is 0 Å². The summed E-state index contributed by atoms with van der Waals surface area (Å²) in [4.78, 5) is 22.4. The standard InChI is InChI=1S/C16H18Cl2N4O/c1-3-4-10-22(2)15(23)13-8-9-19-16(20-13)21-14-11(17)6-5-7-12(14)18/h5-9H,3-4,10H2,1-2H3,(H,19,20,21). The molecule has 0 radical (unpaired) electrons. The Morgan fingerprint density at radius 3 is 2.61 bits per heavy atom. The summed E-state index contributed by atoms with van der Waals surface area (Å²) >= 11 is 12.2. The van der Waals surface area contributed by atoms with Crippen LogP contribution in [0.1, 0.15) is 30.3 Å². The average molecular weight is 353 g/mol. The smallest absolute Gasteiger partial charge is 0.272 e. The maximum atomic E-state index is 12.3. The van der Waals surface area contributed by atoms with Crippen molar-refractivity contribution in [2.75, 3.05) is 18.9 Å². The molecule has 1 amide bonds. The number of nitrogens with one attached hydrogen (secondary N) is 1. The lowest BCUT2D eigenvalue weighted by molar-refractivity contribution is 0.0787. The SMILES string of the molecule is CCCCN(C)C(=O)c1ccnc(Nc2c(Cl)cccc2Cl)n1. The first kappa shape index (κ1) is 17.5. The van der Waals surface area contributed by atoms with E-state index in [1.54, 1.807) is 36.2 Å². The molecule has 0 saturated carbocycles. The van der Waals surface area contributed by atoms with E-state index in [2.05, 4.69) is 22.2 Å². The highest BCUT2D eigenvalue weighted by molar-refractivity contribution is 6.39. The summed E-state index contributed by atoms with van der Waals surface area (Å²) in [6, 6.07) is 6.76. The van der Waals surface area contributed by atoms with Gasteiger partial charge in [-0.15, -0.1) is 0 Å². The zero-order chi connectivity index (χ0) is 16.8. The van der Waals surface area contributed by atoms with Crippen molar-refractivity contribution in [2.24, 2.45) is 0 Å². The minimum atomic E-state index is -0.144. The summed E-state index contributed by atoms with van der Waals surface area (Å²) in [7, 11) is 1.76. The van der Waals surface area contributed by atoms with Crippen LogP contribution in [-0.4, -0.2) is 34.4 Å². The highest BCUT2D eigenvalue weighted by atomic mass is 35.5. The molecule has 1 heterocycles. The lowest BCUT2D eigenvalue weighted by Crippen LogP contribution is -2.28. The zero-order valence-electron chi connectivity index (χ0n) is 13.0. The summed E-state index contributed by atoms with van der Waals surface area (Å²) in [5, 5.41) is 3.87. The molecule has 122 valence electrons. The van der Waals surface area contributed by atoms with Crippen molar-refractivity contribution in [3.63, 3.8) is 0 Å². The zero-order valence-corrected chi connectivity index (χ0v) is 14.5. The fraction of sp³-hybridized carbons (Fsp3) is 0.312. The van der Waals surface area contributed by atoms with Gasteiger partial charge in [-0.25, -0.2) is 9.97 Å². The minimum Gasteiger partial charge on any atom is -0.340 e. The van der Waals surface area contributed by atoms with Crippen molar-refractivity contribution < 1.29 is 4.79 Å². The highest BCUT2D eigenvalue weighted by Crippen LogP contribution is 2.31. The van der Waals surface area contributed by atoms with E-state index in [4.69, 9.17) is 23.2 Å². The number of nitrogens with zero attached hydrogens (tertiary/aromatic N) is 3. The number of hydrogen-bond donors (Lipinski definition) is 1. The number of carbonyl (C=O) groups excluding carboxylic acids is 1. The van der Waals surface area contributed by atoms with Gasteiger partial charge in [-0.1, -0.05) is 42.6 Å².